The highest BCUT2D eigenvalue weighted by Crippen LogP contribution is 2.35. The predicted octanol–water partition coefficient (Wildman–Crippen LogP) is 1.48. The lowest BCUT2D eigenvalue weighted by atomic mass is 10.2. The monoisotopic (exact) mass is 356 g/mol. The summed E-state index contributed by atoms with van der Waals surface area (Å²) in [4.78, 5) is 37.7. The van der Waals surface area contributed by atoms with Crippen LogP contribution in [0.4, 0.5) is 5.69 Å². The fourth-order valence-electron chi connectivity index (χ4n) is 2.59. The number of carboxylic acid groups (broad SMARTS) is 1. The number of amides is 2. The molecule has 0 bridgehead atoms. The Bertz CT molecular complexity index is 834. The van der Waals surface area contributed by atoms with Gasteiger partial charge in [0.1, 0.15) is 5.75 Å². The van der Waals surface area contributed by atoms with E-state index < -0.39 is 11.2 Å². The number of hydrogen-bond donors (Lipinski definition) is 0. The van der Waals surface area contributed by atoms with Crippen molar-refractivity contribution in [2.45, 2.75) is 16.6 Å². The van der Waals surface area contributed by atoms with Crippen LogP contribution in [-0.2, 0) is 9.59 Å². The van der Waals surface area contributed by atoms with Crippen molar-refractivity contribution < 1.29 is 24.2 Å². The quantitative estimate of drug-likeness (QED) is 0.754. The number of carbonyl (C=O) groups is 3. The normalized spacial score (nSPS) is 17.0. The van der Waals surface area contributed by atoms with Gasteiger partial charge in [-0.2, -0.15) is 0 Å². The Morgan fingerprint density at radius 3 is 2.48 bits per heavy atom. The molecule has 0 aromatic heterocycles. The zero-order valence-electron chi connectivity index (χ0n) is 13.3. The molecule has 128 valence electrons. The molecule has 1 fully saturated rings. The topological polar surface area (TPSA) is 86.7 Å². The van der Waals surface area contributed by atoms with Crippen molar-refractivity contribution in [1.29, 1.82) is 0 Å². The van der Waals surface area contributed by atoms with E-state index in [2.05, 4.69) is 0 Å². The molecular weight excluding hydrogens is 342 g/mol. The maximum atomic E-state index is 12.6. The Balaban J connectivity index is 1.83. The number of aromatic carboxylic acids is 1. The molecule has 1 heterocycles. The lowest BCUT2D eigenvalue weighted by molar-refractivity contribution is -0.255. The maximum Gasteiger partial charge on any atom is 0.247 e. The van der Waals surface area contributed by atoms with Gasteiger partial charge in [-0.25, -0.2) is 4.90 Å². The summed E-state index contributed by atoms with van der Waals surface area (Å²) in [6, 6.07) is 12.9. The second-order valence-corrected chi connectivity index (χ2v) is 6.60. The molecule has 6 nitrogen and oxygen atoms in total. The predicted molar refractivity (Wildman–Crippen MR) is 90.5 cm³/mol. The van der Waals surface area contributed by atoms with Gasteiger partial charge in [0, 0.05) is 16.9 Å². The zero-order chi connectivity index (χ0) is 18.0. The molecule has 0 N–H and O–H groups in total. The minimum absolute atomic E-state index is 0.00986. The van der Waals surface area contributed by atoms with Gasteiger partial charge >= 0.3 is 0 Å². The Kier molecular flexibility index (Phi) is 4.76. The SMILES string of the molecule is COc1ccc(N2C(=O)C[C@@H](Sc3ccccc3C(=O)[O-])C2=O)cc1. The number of thioether (sulfide) groups is 1. The maximum absolute atomic E-state index is 12.6. The number of carboxylic acids is 1. The van der Waals surface area contributed by atoms with Crippen molar-refractivity contribution in [3.63, 3.8) is 0 Å². The molecule has 3 rings (SSSR count). The van der Waals surface area contributed by atoms with Crippen molar-refractivity contribution >= 4 is 35.2 Å². The molecule has 0 unspecified atom stereocenters. The number of methoxy groups -OCH3 is 1. The lowest BCUT2D eigenvalue weighted by Gasteiger charge is -2.16. The van der Waals surface area contributed by atoms with Gasteiger partial charge in [-0.05, 0) is 30.3 Å². The zero-order valence-corrected chi connectivity index (χ0v) is 14.1. The molecule has 7 heteroatoms. The second kappa shape index (κ2) is 6.98. The molecule has 1 aliphatic heterocycles. The fourth-order valence-corrected chi connectivity index (χ4v) is 3.76. The van der Waals surface area contributed by atoms with Gasteiger partial charge in [0.15, 0.2) is 0 Å². The van der Waals surface area contributed by atoms with Crippen LogP contribution in [0.15, 0.2) is 53.4 Å². The molecule has 1 saturated heterocycles. The van der Waals surface area contributed by atoms with Crippen LogP contribution in [0, 0.1) is 0 Å². The van der Waals surface area contributed by atoms with Gasteiger partial charge in [-0.3, -0.25) is 9.59 Å². The summed E-state index contributed by atoms with van der Waals surface area (Å²) in [6.45, 7) is 0. The first-order chi connectivity index (χ1) is 12.0. The minimum atomic E-state index is -1.31. The van der Waals surface area contributed by atoms with Crippen molar-refractivity contribution in [2.24, 2.45) is 0 Å². The highest BCUT2D eigenvalue weighted by molar-refractivity contribution is 8.00. The first-order valence-corrected chi connectivity index (χ1v) is 8.37. The van der Waals surface area contributed by atoms with Crippen molar-refractivity contribution in [3.8, 4) is 5.75 Å². The molecule has 25 heavy (non-hydrogen) atoms. The number of anilines is 1. The molecule has 1 aliphatic rings. The minimum Gasteiger partial charge on any atom is -0.545 e. The van der Waals surface area contributed by atoms with Crippen LogP contribution >= 0.6 is 11.8 Å². The number of carbonyl (C=O) groups excluding carboxylic acids is 3. The Morgan fingerprint density at radius 1 is 1.16 bits per heavy atom. The lowest BCUT2D eigenvalue weighted by Crippen LogP contribution is -2.31. The highest BCUT2D eigenvalue weighted by atomic mass is 32.2. The van der Waals surface area contributed by atoms with Crippen molar-refractivity contribution in [3.05, 3.63) is 54.1 Å². The van der Waals surface area contributed by atoms with Gasteiger partial charge in [0.25, 0.3) is 0 Å². The van der Waals surface area contributed by atoms with Crippen molar-refractivity contribution in [2.75, 3.05) is 12.0 Å². The molecule has 1 atom stereocenters. The molecule has 0 radical (unpaired) electrons. The summed E-state index contributed by atoms with van der Waals surface area (Å²) in [6.07, 6.45) is 0.0108. The van der Waals surface area contributed by atoms with Gasteiger partial charge in [0.05, 0.1) is 24.0 Å². The summed E-state index contributed by atoms with van der Waals surface area (Å²) in [7, 11) is 1.53. The summed E-state index contributed by atoms with van der Waals surface area (Å²) < 4.78 is 5.07. The summed E-state index contributed by atoms with van der Waals surface area (Å²) in [5, 5.41) is 10.5. The third-order valence-corrected chi connectivity index (χ3v) is 5.07. The average Bonchev–Trinajstić information content (AvgIpc) is 2.89. The molecule has 0 saturated carbocycles. The Labute approximate surface area is 148 Å². The number of imide groups is 1. The average molecular weight is 356 g/mol. The number of hydrogen-bond acceptors (Lipinski definition) is 6. The Hall–Kier alpha value is -2.80. The van der Waals surface area contributed by atoms with Crippen LogP contribution in [0.5, 0.6) is 5.75 Å². The first kappa shape index (κ1) is 17.0. The van der Waals surface area contributed by atoms with Gasteiger partial charge < -0.3 is 14.6 Å². The van der Waals surface area contributed by atoms with E-state index in [1.165, 1.54) is 13.2 Å². The third kappa shape index (κ3) is 3.36. The van der Waals surface area contributed by atoms with Crippen LogP contribution in [0.2, 0.25) is 0 Å². The van der Waals surface area contributed by atoms with Gasteiger partial charge in [-0.1, -0.05) is 18.2 Å². The van der Waals surface area contributed by atoms with E-state index >= 15 is 0 Å². The second-order valence-electron chi connectivity index (χ2n) is 5.36. The molecule has 0 spiro atoms. The molecular formula is C18H14NO5S-. The van der Waals surface area contributed by atoms with E-state index in [1.54, 1.807) is 42.5 Å². The standard InChI is InChI=1S/C18H15NO5S/c1-24-12-8-6-11(7-9-12)19-16(20)10-15(17(19)21)25-14-5-3-2-4-13(14)18(22)23/h2-9,15H,10H2,1H3,(H,22,23)/p-1/t15-/m1/s1. The number of ether oxygens (including phenoxy) is 1. The molecule has 2 aromatic rings. The number of nitrogens with zero attached hydrogens (tertiary/aromatic N) is 1. The summed E-state index contributed by atoms with van der Waals surface area (Å²) >= 11 is 1.07. The van der Waals surface area contributed by atoms with Gasteiger partial charge in [0.2, 0.25) is 11.8 Å². The molecule has 2 aromatic carbocycles. The van der Waals surface area contributed by atoms with Crippen LogP contribution in [0.25, 0.3) is 0 Å². The smallest absolute Gasteiger partial charge is 0.247 e. The summed E-state index contributed by atoms with van der Waals surface area (Å²) in [5.74, 6) is -1.38. The van der Waals surface area contributed by atoms with E-state index in [9.17, 15) is 19.5 Å². The van der Waals surface area contributed by atoms with Crippen molar-refractivity contribution in [1.82, 2.24) is 0 Å². The third-order valence-electron chi connectivity index (χ3n) is 3.81. The Morgan fingerprint density at radius 2 is 1.84 bits per heavy atom. The van der Waals surface area contributed by atoms with E-state index in [1.807, 2.05) is 0 Å². The van der Waals surface area contributed by atoms with E-state index in [0.29, 0.717) is 16.3 Å². The largest absolute Gasteiger partial charge is 0.545 e. The fraction of sp³-hybridized carbons (Fsp3) is 0.167. The van der Waals surface area contributed by atoms with Crippen LogP contribution < -0.4 is 14.7 Å². The number of benzene rings is 2. The number of rotatable bonds is 5. The molecule has 2 amide bonds. The van der Waals surface area contributed by atoms with Crippen LogP contribution in [0.1, 0.15) is 16.8 Å². The first-order valence-electron chi connectivity index (χ1n) is 7.49. The van der Waals surface area contributed by atoms with E-state index in [-0.39, 0.29) is 23.8 Å². The van der Waals surface area contributed by atoms with Gasteiger partial charge in [-0.15, -0.1) is 11.8 Å². The van der Waals surface area contributed by atoms with E-state index in [4.69, 9.17) is 4.74 Å². The summed E-state index contributed by atoms with van der Waals surface area (Å²) in [5.41, 5.74) is 0.475. The van der Waals surface area contributed by atoms with Crippen LogP contribution in [-0.4, -0.2) is 30.1 Å². The highest BCUT2D eigenvalue weighted by Gasteiger charge is 2.40. The van der Waals surface area contributed by atoms with Crippen LogP contribution in [0.3, 0.4) is 0 Å². The van der Waals surface area contributed by atoms with E-state index in [0.717, 1.165) is 16.7 Å². The molecule has 0 aliphatic carbocycles.